The predicted octanol–water partition coefficient (Wildman–Crippen LogP) is 1.75. The molecule has 0 amide bonds. The molecule has 6 heteroatoms. The van der Waals surface area contributed by atoms with Crippen LogP contribution in [0.25, 0.3) is 11.3 Å². The van der Waals surface area contributed by atoms with E-state index in [2.05, 4.69) is 23.9 Å². The average Bonchev–Trinajstić information content (AvgIpc) is 2.86. The van der Waals surface area contributed by atoms with Crippen molar-refractivity contribution in [3.8, 4) is 11.3 Å². The van der Waals surface area contributed by atoms with Gasteiger partial charge in [0.2, 0.25) is 0 Å². The van der Waals surface area contributed by atoms with Crippen molar-refractivity contribution in [2.45, 2.75) is 39.7 Å². The molecular formula is C12H20N6. The molecule has 0 saturated heterocycles. The van der Waals surface area contributed by atoms with Gasteiger partial charge in [0.1, 0.15) is 11.5 Å². The molecule has 2 aromatic heterocycles. The minimum absolute atomic E-state index is 0.228. The van der Waals surface area contributed by atoms with Gasteiger partial charge in [-0.25, -0.2) is 9.66 Å². The van der Waals surface area contributed by atoms with Crippen LogP contribution in [0.3, 0.4) is 0 Å². The van der Waals surface area contributed by atoms with E-state index in [0.717, 1.165) is 11.4 Å². The summed E-state index contributed by atoms with van der Waals surface area (Å²) in [6.45, 7) is 8.21. The maximum atomic E-state index is 6.00. The molecule has 0 aliphatic carbocycles. The van der Waals surface area contributed by atoms with Crippen molar-refractivity contribution in [1.82, 2.24) is 19.4 Å². The monoisotopic (exact) mass is 248 g/mol. The molecule has 0 spiro atoms. The van der Waals surface area contributed by atoms with Gasteiger partial charge in [0.15, 0.2) is 5.82 Å². The van der Waals surface area contributed by atoms with E-state index in [0.29, 0.717) is 17.6 Å². The van der Waals surface area contributed by atoms with Crippen molar-refractivity contribution in [3.63, 3.8) is 0 Å². The molecule has 2 rings (SSSR count). The molecule has 0 fully saturated rings. The lowest BCUT2D eigenvalue weighted by atomic mass is 10.2. The Bertz CT molecular complexity index is 549. The molecule has 0 aliphatic heterocycles. The molecule has 0 aromatic carbocycles. The Morgan fingerprint density at radius 1 is 1.22 bits per heavy atom. The highest BCUT2D eigenvalue weighted by molar-refractivity contribution is 5.70. The smallest absolute Gasteiger partial charge is 0.150 e. The number of rotatable bonds is 3. The summed E-state index contributed by atoms with van der Waals surface area (Å²) in [6.07, 6.45) is 3.70. The topological polar surface area (TPSA) is 87.7 Å². The van der Waals surface area contributed by atoms with Gasteiger partial charge < -0.3 is 11.6 Å². The minimum Gasteiger partial charge on any atom is -0.382 e. The second kappa shape index (κ2) is 4.36. The maximum absolute atomic E-state index is 6.00. The molecule has 98 valence electrons. The van der Waals surface area contributed by atoms with E-state index in [-0.39, 0.29) is 5.92 Å². The normalized spacial score (nSPS) is 11.7. The Hall–Kier alpha value is -1.98. The number of nitrogens with zero attached hydrogens (tertiary/aromatic N) is 4. The molecule has 0 aliphatic rings. The average molecular weight is 248 g/mol. The molecule has 4 N–H and O–H groups in total. The van der Waals surface area contributed by atoms with Gasteiger partial charge in [0.25, 0.3) is 0 Å². The van der Waals surface area contributed by atoms with Gasteiger partial charge in [-0.15, -0.1) is 0 Å². The van der Waals surface area contributed by atoms with Crippen LogP contribution in [0, 0.1) is 0 Å². The molecule has 2 heterocycles. The number of hydrogen-bond acceptors (Lipinski definition) is 4. The van der Waals surface area contributed by atoms with Crippen LogP contribution in [-0.2, 0) is 0 Å². The van der Waals surface area contributed by atoms with Crippen LogP contribution in [-0.4, -0.2) is 19.4 Å². The van der Waals surface area contributed by atoms with Gasteiger partial charge in [-0.05, 0) is 13.8 Å². The van der Waals surface area contributed by atoms with E-state index in [1.54, 1.807) is 6.20 Å². The summed E-state index contributed by atoms with van der Waals surface area (Å²) in [6, 6.07) is 0.310. The number of anilines is 1. The lowest BCUT2D eigenvalue weighted by Crippen LogP contribution is -2.16. The summed E-state index contributed by atoms with van der Waals surface area (Å²) < 4.78 is 3.33. The summed E-state index contributed by atoms with van der Waals surface area (Å²) in [4.78, 5) is 4.51. The molecule has 0 bridgehead atoms. The molecule has 18 heavy (non-hydrogen) atoms. The van der Waals surface area contributed by atoms with Gasteiger partial charge in [-0.3, -0.25) is 4.68 Å². The zero-order valence-corrected chi connectivity index (χ0v) is 11.3. The van der Waals surface area contributed by atoms with Crippen LogP contribution in [0.5, 0.6) is 0 Å². The Morgan fingerprint density at radius 3 is 2.33 bits per heavy atom. The van der Waals surface area contributed by atoms with Gasteiger partial charge in [-0.2, -0.15) is 5.10 Å². The third kappa shape index (κ3) is 1.94. The van der Waals surface area contributed by atoms with Crippen LogP contribution < -0.4 is 11.6 Å². The van der Waals surface area contributed by atoms with E-state index in [9.17, 15) is 0 Å². The summed E-state index contributed by atoms with van der Waals surface area (Å²) in [5, 5.41) is 4.29. The lowest BCUT2D eigenvalue weighted by Gasteiger charge is -2.04. The third-order valence-corrected chi connectivity index (χ3v) is 2.90. The Labute approximate surface area is 107 Å². The van der Waals surface area contributed by atoms with Crippen molar-refractivity contribution >= 4 is 5.82 Å². The second-order valence-corrected chi connectivity index (χ2v) is 5.03. The van der Waals surface area contributed by atoms with Crippen molar-refractivity contribution < 1.29 is 0 Å². The van der Waals surface area contributed by atoms with Crippen molar-refractivity contribution in [3.05, 3.63) is 18.2 Å². The quantitative estimate of drug-likeness (QED) is 0.810. The first-order valence-electron chi connectivity index (χ1n) is 6.09. The lowest BCUT2D eigenvalue weighted by molar-refractivity contribution is 0.532. The largest absolute Gasteiger partial charge is 0.382 e. The number of nitrogen functional groups attached to an aromatic ring is 2. The fourth-order valence-corrected chi connectivity index (χ4v) is 1.83. The van der Waals surface area contributed by atoms with Crippen molar-refractivity contribution in [2.24, 2.45) is 0 Å². The van der Waals surface area contributed by atoms with Crippen LogP contribution in [0.1, 0.15) is 45.5 Å². The van der Waals surface area contributed by atoms with E-state index >= 15 is 0 Å². The SMILES string of the molecule is CC(C)c1nc(-c2cnn(C(C)C)c2)c(N)n1N. The summed E-state index contributed by atoms with van der Waals surface area (Å²) in [7, 11) is 0. The molecule has 0 saturated carbocycles. The fourth-order valence-electron chi connectivity index (χ4n) is 1.83. The summed E-state index contributed by atoms with van der Waals surface area (Å²) >= 11 is 0. The van der Waals surface area contributed by atoms with Gasteiger partial charge in [0.05, 0.1) is 6.20 Å². The van der Waals surface area contributed by atoms with Crippen LogP contribution in [0.15, 0.2) is 12.4 Å². The molecule has 0 radical (unpaired) electrons. The highest BCUT2D eigenvalue weighted by Gasteiger charge is 2.18. The van der Waals surface area contributed by atoms with E-state index < -0.39 is 0 Å². The van der Waals surface area contributed by atoms with E-state index in [4.69, 9.17) is 11.6 Å². The molecule has 0 atom stereocenters. The zero-order valence-electron chi connectivity index (χ0n) is 11.3. The number of aromatic nitrogens is 4. The number of hydrogen-bond donors (Lipinski definition) is 2. The molecular weight excluding hydrogens is 228 g/mol. The highest BCUT2D eigenvalue weighted by atomic mass is 15.4. The zero-order chi connectivity index (χ0) is 13.4. The predicted molar refractivity (Wildman–Crippen MR) is 72.5 cm³/mol. The van der Waals surface area contributed by atoms with Crippen LogP contribution >= 0.6 is 0 Å². The van der Waals surface area contributed by atoms with Gasteiger partial charge >= 0.3 is 0 Å². The second-order valence-electron chi connectivity index (χ2n) is 5.03. The van der Waals surface area contributed by atoms with Crippen molar-refractivity contribution in [1.29, 1.82) is 0 Å². The highest BCUT2D eigenvalue weighted by Crippen LogP contribution is 2.27. The number of nitrogens with two attached hydrogens (primary N) is 2. The first-order valence-corrected chi connectivity index (χ1v) is 6.09. The first-order chi connectivity index (χ1) is 8.41. The van der Waals surface area contributed by atoms with Gasteiger partial charge in [-0.1, -0.05) is 13.8 Å². The molecule has 2 aromatic rings. The number of imidazole rings is 1. The van der Waals surface area contributed by atoms with Crippen molar-refractivity contribution in [2.75, 3.05) is 11.6 Å². The summed E-state index contributed by atoms with van der Waals surface area (Å²) in [5.41, 5.74) is 7.59. The Balaban J connectivity index is 2.47. The third-order valence-electron chi connectivity index (χ3n) is 2.90. The van der Waals surface area contributed by atoms with Crippen LogP contribution in [0.4, 0.5) is 5.82 Å². The summed E-state index contributed by atoms with van der Waals surface area (Å²) in [5.74, 6) is 7.39. The fraction of sp³-hybridized carbons (Fsp3) is 0.500. The maximum Gasteiger partial charge on any atom is 0.150 e. The molecule has 6 nitrogen and oxygen atoms in total. The first kappa shape index (κ1) is 12.5. The molecule has 0 unspecified atom stereocenters. The van der Waals surface area contributed by atoms with E-state index in [1.165, 1.54) is 4.68 Å². The van der Waals surface area contributed by atoms with Crippen LogP contribution in [0.2, 0.25) is 0 Å². The Kier molecular flexibility index (Phi) is 3.02. The standard InChI is InChI=1S/C12H20N6/c1-7(2)12-16-10(11(13)18(12)14)9-5-15-17(6-9)8(3)4/h5-8H,13-14H2,1-4H3. The van der Waals surface area contributed by atoms with Gasteiger partial charge in [0, 0.05) is 23.7 Å². The Morgan fingerprint density at radius 2 is 1.89 bits per heavy atom. The minimum atomic E-state index is 0.228. The van der Waals surface area contributed by atoms with E-state index in [1.807, 2.05) is 24.7 Å².